The molecule has 1 aromatic heterocycles. The van der Waals surface area contributed by atoms with Gasteiger partial charge in [0, 0.05) is 17.5 Å². The molecule has 0 bridgehead atoms. The predicted octanol–water partition coefficient (Wildman–Crippen LogP) is 2.52. The second-order valence-corrected chi connectivity index (χ2v) is 5.49. The van der Waals surface area contributed by atoms with Gasteiger partial charge in [0.05, 0.1) is 12.5 Å². The predicted molar refractivity (Wildman–Crippen MR) is 80.7 cm³/mol. The van der Waals surface area contributed by atoms with E-state index in [1.807, 2.05) is 43.5 Å². The fourth-order valence-corrected chi connectivity index (χ4v) is 2.82. The van der Waals surface area contributed by atoms with Crippen LogP contribution in [0.3, 0.4) is 0 Å². The van der Waals surface area contributed by atoms with Crippen LogP contribution in [-0.2, 0) is 17.6 Å². The van der Waals surface area contributed by atoms with Gasteiger partial charge in [0.25, 0.3) is 0 Å². The SMILES string of the molecule is Cc1ncc2c(n1)CCCC2NC(=O)Cc1ccccc1. The highest BCUT2D eigenvalue weighted by molar-refractivity contribution is 5.79. The van der Waals surface area contributed by atoms with E-state index in [2.05, 4.69) is 15.3 Å². The van der Waals surface area contributed by atoms with Gasteiger partial charge in [-0.3, -0.25) is 4.79 Å². The molecule has 108 valence electrons. The maximum Gasteiger partial charge on any atom is 0.224 e. The molecule has 1 amide bonds. The van der Waals surface area contributed by atoms with Crippen LogP contribution in [0.2, 0.25) is 0 Å². The van der Waals surface area contributed by atoms with E-state index in [1.165, 1.54) is 0 Å². The Balaban J connectivity index is 1.70. The minimum Gasteiger partial charge on any atom is -0.349 e. The molecule has 1 aliphatic rings. The number of nitrogens with one attached hydrogen (secondary N) is 1. The Labute approximate surface area is 124 Å². The van der Waals surface area contributed by atoms with Crippen LogP contribution >= 0.6 is 0 Å². The van der Waals surface area contributed by atoms with Gasteiger partial charge in [0.2, 0.25) is 5.91 Å². The van der Waals surface area contributed by atoms with Crippen molar-refractivity contribution in [3.63, 3.8) is 0 Å². The molecule has 0 saturated heterocycles. The lowest BCUT2D eigenvalue weighted by molar-refractivity contribution is -0.121. The Bertz CT molecular complexity index is 640. The van der Waals surface area contributed by atoms with Gasteiger partial charge in [-0.25, -0.2) is 9.97 Å². The van der Waals surface area contributed by atoms with E-state index < -0.39 is 0 Å². The molecule has 1 aliphatic carbocycles. The van der Waals surface area contributed by atoms with Crippen molar-refractivity contribution in [3.8, 4) is 0 Å². The highest BCUT2D eigenvalue weighted by Crippen LogP contribution is 2.27. The first-order valence-electron chi connectivity index (χ1n) is 7.38. The van der Waals surface area contributed by atoms with Crippen molar-refractivity contribution in [2.24, 2.45) is 0 Å². The Kier molecular flexibility index (Phi) is 3.95. The molecule has 0 aliphatic heterocycles. The van der Waals surface area contributed by atoms with E-state index in [-0.39, 0.29) is 11.9 Å². The molecule has 1 unspecified atom stereocenters. The summed E-state index contributed by atoms with van der Waals surface area (Å²) < 4.78 is 0. The summed E-state index contributed by atoms with van der Waals surface area (Å²) in [5.74, 6) is 0.852. The van der Waals surface area contributed by atoms with Crippen LogP contribution in [0.5, 0.6) is 0 Å². The topological polar surface area (TPSA) is 54.9 Å². The van der Waals surface area contributed by atoms with Crippen LogP contribution in [-0.4, -0.2) is 15.9 Å². The lowest BCUT2D eigenvalue weighted by Gasteiger charge is -2.25. The summed E-state index contributed by atoms with van der Waals surface area (Å²) >= 11 is 0. The van der Waals surface area contributed by atoms with Gasteiger partial charge in [0.15, 0.2) is 0 Å². The summed E-state index contributed by atoms with van der Waals surface area (Å²) in [5, 5.41) is 3.12. The molecule has 2 aromatic rings. The molecule has 4 nitrogen and oxygen atoms in total. The van der Waals surface area contributed by atoms with Crippen LogP contribution in [0, 0.1) is 6.92 Å². The molecule has 0 spiro atoms. The standard InChI is InChI=1S/C17H19N3O/c1-12-18-11-14-15(19-12)8-5-9-16(14)20-17(21)10-13-6-3-2-4-7-13/h2-4,6-7,11,16H,5,8-10H2,1H3,(H,20,21). The number of carbonyl (C=O) groups excluding carboxylic acids is 1. The fourth-order valence-electron chi connectivity index (χ4n) is 2.82. The van der Waals surface area contributed by atoms with E-state index in [4.69, 9.17) is 0 Å². The van der Waals surface area contributed by atoms with Crippen molar-refractivity contribution >= 4 is 5.91 Å². The third-order valence-electron chi connectivity index (χ3n) is 3.84. The second kappa shape index (κ2) is 6.04. The van der Waals surface area contributed by atoms with E-state index in [0.29, 0.717) is 6.42 Å². The van der Waals surface area contributed by atoms with Crippen LogP contribution in [0.25, 0.3) is 0 Å². The number of carbonyl (C=O) groups is 1. The number of hydrogen-bond acceptors (Lipinski definition) is 3. The number of aryl methyl sites for hydroxylation is 2. The van der Waals surface area contributed by atoms with Gasteiger partial charge in [0.1, 0.15) is 5.82 Å². The third kappa shape index (κ3) is 3.27. The average molecular weight is 281 g/mol. The van der Waals surface area contributed by atoms with Gasteiger partial charge in [-0.15, -0.1) is 0 Å². The molecular formula is C17H19N3O. The van der Waals surface area contributed by atoms with E-state index in [0.717, 1.165) is 41.9 Å². The van der Waals surface area contributed by atoms with Crippen LogP contribution < -0.4 is 5.32 Å². The molecule has 0 radical (unpaired) electrons. The van der Waals surface area contributed by atoms with Crippen molar-refractivity contribution in [3.05, 3.63) is 59.2 Å². The van der Waals surface area contributed by atoms with Gasteiger partial charge in [-0.2, -0.15) is 0 Å². The normalized spacial score (nSPS) is 17.1. The number of fused-ring (bicyclic) bond motifs is 1. The largest absolute Gasteiger partial charge is 0.349 e. The summed E-state index contributed by atoms with van der Waals surface area (Å²) in [6, 6.07) is 9.86. The van der Waals surface area contributed by atoms with Gasteiger partial charge in [-0.1, -0.05) is 30.3 Å². The minimum absolute atomic E-state index is 0.0468. The maximum atomic E-state index is 12.2. The Morgan fingerprint density at radius 2 is 2.14 bits per heavy atom. The number of aromatic nitrogens is 2. The van der Waals surface area contributed by atoms with Crippen LogP contribution in [0.4, 0.5) is 0 Å². The lowest BCUT2D eigenvalue weighted by Crippen LogP contribution is -2.32. The van der Waals surface area contributed by atoms with E-state index in [1.54, 1.807) is 0 Å². The first-order valence-corrected chi connectivity index (χ1v) is 7.38. The monoisotopic (exact) mass is 281 g/mol. The molecule has 1 heterocycles. The summed E-state index contributed by atoms with van der Waals surface area (Å²) in [7, 11) is 0. The van der Waals surface area contributed by atoms with Gasteiger partial charge < -0.3 is 5.32 Å². The van der Waals surface area contributed by atoms with Crippen LogP contribution in [0.15, 0.2) is 36.5 Å². The van der Waals surface area contributed by atoms with E-state index in [9.17, 15) is 4.79 Å². The number of rotatable bonds is 3. The van der Waals surface area contributed by atoms with Gasteiger partial charge >= 0.3 is 0 Å². The summed E-state index contributed by atoms with van der Waals surface area (Å²) in [6.07, 6.45) is 5.27. The molecule has 4 heteroatoms. The molecular weight excluding hydrogens is 262 g/mol. The van der Waals surface area contributed by atoms with Gasteiger partial charge in [-0.05, 0) is 31.7 Å². The molecule has 0 saturated carbocycles. The van der Waals surface area contributed by atoms with Crippen molar-refractivity contribution in [2.45, 2.75) is 38.6 Å². The molecule has 3 rings (SSSR count). The Morgan fingerprint density at radius 3 is 2.95 bits per heavy atom. The first kappa shape index (κ1) is 13.7. The smallest absolute Gasteiger partial charge is 0.224 e. The summed E-state index contributed by atoms with van der Waals surface area (Å²) in [4.78, 5) is 21.0. The van der Waals surface area contributed by atoms with Crippen molar-refractivity contribution in [1.29, 1.82) is 0 Å². The first-order chi connectivity index (χ1) is 10.2. The second-order valence-electron chi connectivity index (χ2n) is 5.49. The maximum absolute atomic E-state index is 12.2. The number of nitrogens with zero attached hydrogens (tertiary/aromatic N) is 2. The summed E-state index contributed by atoms with van der Waals surface area (Å²) in [5.41, 5.74) is 3.19. The lowest BCUT2D eigenvalue weighted by atomic mass is 9.92. The quantitative estimate of drug-likeness (QED) is 0.940. The zero-order valence-electron chi connectivity index (χ0n) is 12.2. The zero-order valence-corrected chi connectivity index (χ0v) is 12.2. The molecule has 21 heavy (non-hydrogen) atoms. The molecule has 1 aromatic carbocycles. The highest BCUT2D eigenvalue weighted by Gasteiger charge is 2.23. The molecule has 0 fully saturated rings. The molecule has 1 N–H and O–H groups in total. The fraction of sp³-hybridized carbons (Fsp3) is 0.353. The Morgan fingerprint density at radius 1 is 1.33 bits per heavy atom. The average Bonchev–Trinajstić information content (AvgIpc) is 2.48. The van der Waals surface area contributed by atoms with E-state index >= 15 is 0 Å². The number of hydrogen-bond donors (Lipinski definition) is 1. The molecule has 1 atom stereocenters. The Hall–Kier alpha value is -2.23. The third-order valence-corrected chi connectivity index (χ3v) is 3.84. The number of amides is 1. The minimum atomic E-state index is 0.0468. The number of benzene rings is 1. The van der Waals surface area contributed by atoms with Crippen molar-refractivity contribution in [1.82, 2.24) is 15.3 Å². The zero-order chi connectivity index (χ0) is 14.7. The highest BCUT2D eigenvalue weighted by atomic mass is 16.1. The van der Waals surface area contributed by atoms with Crippen molar-refractivity contribution < 1.29 is 4.79 Å². The summed E-state index contributed by atoms with van der Waals surface area (Å²) in [6.45, 7) is 1.90. The van der Waals surface area contributed by atoms with Crippen molar-refractivity contribution in [2.75, 3.05) is 0 Å². The van der Waals surface area contributed by atoms with Crippen LogP contribution in [0.1, 0.15) is 41.5 Å².